The summed E-state index contributed by atoms with van der Waals surface area (Å²) in [5, 5.41) is 11.3. The zero-order chi connectivity index (χ0) is 24.2. The van der Waals surface area contributed by atoms with Gasteiger partial charge in [0.2, 0.25) is 5.91 Å². The summed E-state index contributed by atoms with van der Waals surface area (Å²) in [6.45, 7) is 5.69. The fourth-order valence-corrected chi connectivity index (χ4v) is 4.83. The molecule has 1 saturated heterocycles. The predicted molar refractivity (Wildman–Crippen MR) is 125 cm³/mol. The number of likely N-dealkylation sites (tertiary alicyclic amines) is 1. The molecule has 2 atom stereocenters. The van der Waals surface area contributed by atoms with E-state index in [0.29, 0.717) is 16.7 Å². The molecule has 1 aliphatic rings. The molecule has 2 unspecified atom stereocenters. The van der Waals surface area contributed by atoms with Gasteiger partial charge in [0.1, 0.15) is 5.82 Å². The van der Waals surface area contributed by atoms with E-state index in [9.17, 15) is 18.0 Å². The van der Waals surface area contributed by atoms with Crippen molar-refractivity contribution in [1.82, 2.24) is 19.7 Å². The first-order chi connectivity index (χ1) is 16.3. The minimum atomic E-state index is -1.04. The molecular weight excluding hydrogens is 463 g/mol. The molecule has 0 aliphatic carbocycles. The number of aromatic nitrogens is 3. The van der Waals surface area contributed by atoms with Crippen LogP contribution in [-0.4, -0.2) is 43.9 Å². The van der Waals surface area contributed by atoms with Gasteiger partial charge in [0.25, 0.3) is 0 Å². The molecule has 0 saturated carbocycles. The Bertz CT molecular complexity index is 1150. The Morgan fingerprint density at radius 2 is 1.68 bits per heavy atom. The molecule has 0 radical (unpaired) electrons. The minimum absolute atomic E-state index is 0.0153. The van der Waals surface area contributed by atoms with Crippen LogP contribution in [0, 0.1) is 17.5 Å². The van der Waals surface area contributed by atoms with E-state index < -0.39 is 22.8 Å². The van der Waals surface area contributed by atoms with Crippen molar-refractivity contribution in [2.75, 3.05) is 18.4 Å². The average Bonchev–Trinajstić information content (AvgIpc) is 3.25. The Labute approximate surface area is 200 Å². The largest absolute Gasteiger partial charge is 0.325 e. The molecule has 4 rings (SSSR count). The van der Waals surface area contributed by atoms with E-state index in [1.165, 1.54) is 36.4 Å². The summed E-state index contributed by atoms with van der Waals surface area (Å²) in [4.78, 5) is 15.1. The monoisotopic (exact) mass is 489 g/mol. The molecule has 0 bridgehead atoms. The first-order valence-corrected chi connectivity index (χ1v) is 12.1. The third-order valence-corrected chi connectivity index (χ3v) is 6.94. The van der Waals surface area contributed by atoms with Gasteiger partial charge in [-0.25, -0.2) is 13.2 Å². The summed E-state index contributed by atoms with van der Waals surface area (Å²) in [6, 6.07) is 9.23. The fraction of sp³-hybridized carbons (Fsp3) is 0.375. The maximum atomic E-state index is 13.6. The molecular formula is C24H26F3N5OS. The summed E-state index contributed by atoms with van der Waals surface area (Å²) in [7, 11) is 0. The average molecular weight is 490 g/mol. The van der Waals surface area contributed by atoms with Crippen LogP contribution in [0.3, 0.4) is 0 Å². The number of piperidine rings is 1. The second-order valence-electron chi connectivity index (χ2n) is 8.30. The van der Waals surface area contributed by atoms with E-state index in [2.05, 4.69) is 27.3 Å². The normalized spacial score (nSPS) is 16.3. The van der Waals surface area contributed by atoms with Gasteiger partial charge in [-0.05, 0) is 76.2 Å². The molecule has 34 heavy (non-hydrogen) atoms. The number of thioether (sulfide) groups is 1. The SMILES string of the molecule is CC(Sc1nnc(C(C)N2CCCCC2)n1-c1ccc(F)cc1)C(=O)Nc1ccc(F)c(F)c1. The standard InChI is InChI=1S/C24H26F3N5OS/c1-15(31-12-4-3-5-13-31)22-29-30-24(32(22)19-9-6-17(25)7-10-19)34-16(2)23(33)28-18-8-11-20(26)21(27)14-18/h6-11,14-16H,3-5,12-13H2,1-2H3,(H,28,33). The van der Waals surface area contributed by atoms with Crippen LogP contribution in [0.5, 0.6) is 0 Å². The third-order valence-electron chi connectivity index (χ3n) is 5.89. The van der Waals surface area contributed by atoms with Gasteiger partial charge < -0.3 is 5.32 Å². The van der Waals surface area contributed by atoms with Crippen molar-refractivity contribution in [1.29, 1.82) is 0 Å². The van der Waals surface area contributed by atoms with Crippen molar-refractivity contribution in [2.45, 2.75) is 49.6 Å². The number of anilines is 1. The predicted octanol–water partition coefficient (Wildman–Crippen LogP) is 5.35. The van der Waals surface area contributed by atoms with Crippen LogP contribution in [0.25, 0.3) is 5.69 Å². The van der Waals surface area contributed by atoms with Crippen LogP contribution in [0.2, 0.25) is 0 Å². The highest BCUT2D eigenvalue weighted by Gasteiger charge is 2.27. The minimum Gasteiger partial charge on any atom is -0.325 e. The molecule has 1 aliphatic heterocycles. The first kappa shape index (κ1) is 24.3. The lowest BCUT2D eigenvalue weighted by molar-refractivity contribution is -0.115. The quantitative estimate of drug-likeness (QED) is 0.454. The van der Waals surface area contributed by atoms with Crippen LogP contribution in [0.1, 0.15) is 45.0 Å². The maximum absolute atomic E-state index is 13.6. The van der Waals surface area contributed by atoms with E-state index in [0.717, 1.165) is 38.1 Å². The highest BCUT2D eigenvalue weighted by molar-refractivity contribution is 8.00. The summed E-state index contributed by atoms with van der Waals surface area (Å²) >= 11 is 1.19. The lowest BCUT2D eigenvalue weighted by Crippen LogP contribution is -2.33. The smallest absolute Gasteiger partial charge is 0.237 e. The lowest BCUT2D eigenvalue weighted by atomic mass is 10.1. The molecule has 1 fully saturated rings. The van der Waals surface area contributed by atoms with Crippen molar-refractivity contribution < 1.29 is 18.0 Å². The highest BCUT2D eigenvalue weighted by atomic mass is 32.2. The van der Waals surface area contributed by atoms with Gasteiger partial charge in [0, 0.05) is 17.4 Å². The maximum Gasteiger partial charge on any atom is 0.237 e. The van der Waals surface area contributed by atoms with E-state index >= 15 is 0 Å². The van der Waals surface area contributed by atoms with Crippen LogP contribution >= 0.6 is 11.8 Å². The topological polar surface area (TPSA) is 63.1 Å². The zero-order valence-corrected chi connectivity index (χ0v) is 19.8. The molecule has 1 N–H and O–H groups in total. The van der Waals surface area contributed by atoms with Gasteiger partial charge >= 0.3 is 0 Å². The number of carbonyl (C=O) groups excluding carboxylic acids is 1. The Kier molecular flexibility index (Phi) is 7.57. The van der Waals surface area contributed by atoms with Crippen molar-refractivity contribution in [3.05, 3.63) is 65.7 Å². The zero-order valence-electron chi connectivity index (χ0n) is 19.0. The lowest BCUT2D eigenvalue weighted by Gasteiger charge is -2.32. The van der Waals surface area contributed by atoms with E-state index in [-0.39, 0.29) is 17.5 Å². The first-order valence-electron chi connectivity index (χ1n) is 11.2. The second kappa shape index (κ2) is 10.6. The van der Waals surface area contributed by atoms with Gasteiger partial charge in [0.05, 0.1) is 11.3 Å². The Hall–Kier alpha value is -2.85. The molecule has 0 spiro atoms. The van der Waals surface area contributed by atoms with E-state index in [4.69, 9.17) is 0 Å². The summed E-state index contributed by atoms with van der Waals surface area (Å²) < 4.78 is 42.1. The summed E-state index contributed by atoms with van der Waals surface area (Å²) in [6.07, 6.45) is 3.45. The number of hydrogen-bond acceptors (Lipinski definition) is 5. The number of carbonyl (C=O) groups is 1. The molecule has 2 heterocycles. The molecule has 1 aromatic heterocycles. The molecule has 10 heteroatoms. The Morgan fingerprint density at radius 1 is 0.971 bits per heavy atom. The fourth-order valence-electron chi connectivity index (χ4n) is 3.96. The van der Waals surface area contributed by atoms with Gasteiger partial charge in [-0.15, -0.1) is 10.2 Å². The van der Waals surface area contributed by atoms with Crippen molar-refractivity contribution >= 4 is 23.4 Å². The van der Waals surface area contributed by atoms with Crippen LogP contribution in [-0.2, 0) is 4.79 Å². The number of nitrogens with zero attached hydrogens (tertiary/aromatic N) is 4. The number of amides is 1. The van der Waals surface area contributed by atoms with Crippen LogP contribution < -0.4 is 5.32 Å². The second-order valence-corrected chi connectivity index (χ2v) is 9.61. The summed E-state index contributed by atoms with van der Waals surface area (Å²) in [5.74, 6) is -2.05. The van der Waals surface area contributed by atoms with Crippen molar-refractivity contribution in [3.8, 4) is 5.69 Å². The molecule has 1 amide bonds. The number of halogens is 3. The van der Waals surface area contributed by atoms with Crippen molar-refractivity contribution in [2.24, 2.45) is 0 Å². The van der Waals surface area contributed by atoms with Crippen LogP contribution in [0.15, 0.2) is 47.6 Å². The number of nitrogens with one attached hydrogen (secondary N) is 1. The van der Waals surface area contributed by atoms with Gasteiger partial charge in [-0.2, -0.15) is 0 Å². The number of hydrogen-bond donors (Lipinski definition) is 1. The highest BCUT2D eigenvalue weighted by Crippen LogP contribution is 2.31. The molecule has 180 valence electrons. The van der Waals surface area contributed by atoms with Gasteiger partial charge in [0.15, 0.2) is 22.6 Å². The van der Waals surface area contributed by atoms with Crippen molar-refractivity contribution in [3.63, 3.8) is 0 Å². The Balaban J connectivity index is 1.58. The number of benzene rings is 2. The third kappa shape index (κ3) is 5.44. The number of rotatable bonds is 7. The van der Waals surface area contributed by atoms with E-state index in [1.54, 1.807) is 19.1 Å². The van der Waals surface area contributed by atoms with E-state index in [1.807, 2.05) is 4.57 Å². The van der Waals surface area contributed by atoms with Gasteiger partial charge in [-0.3, -0.25) is 14.3 Å². The molecule has 6 nitrogen and oxygen atoms in total. The Morgan fingerprint density at radius 3 is 2.35 bits per heavy atom. The molecule has 2 aromatic carbocycles. The van der Waals surface area contributed by atoms with Gasteiger partial charge in [-0.1, -0.05) is 18.2 Å². The summed E-state index contributed by atoms with van der Waals surface area (Å²) in [5.41, 5.74) is 0.858. The van der Waals surface area contributed by atoms with Crippen LogP contribution in [0.4, 0.5) is 18.9 Å². The molecule has 3 aromatic rings.